The lowest BCUT2D eigenvalue weighted by Crippen LogP contribution is -2.30. The fraction of sp³-hybridized carbons (Fsp3) is 0.500. The first-order chi connectivity index (χ1) is 4.63. The van der Waals surface area contributed by atoms with Crippen LogP contribution in [0.25, 0.3) is 0 Å². The van der Waals surface area contributed by atoms with Crippen molar-refractivity contribution in [3.8, 4) is 0 Å². The van der Waals surface area contributed by atoms with Gasteiger partial charge in [-0.15, -0.1) is 0 Å². The highest BCUT2D eigenvalue weighted by Gasteiger charge is 2.31. The van der Waals surface area contributed by atoms with E-state index in [1.165, 1.54) is 0 Å². The Hall–Kier alpha value is -1.03. The first-order valence-electron chi connectivity index (χ1n) is 2.93. The van der Waals surface area contributed by atoms with Crippen LogP contribution in [0.1, 0.15) is 6.92 Å². The van der Waals surface area contributed by atoms with Gasteiger partial charge in [-0.1, -0.05) is 12.2 Å². The van der Waals surface area contributed by atoms with Crippen molar-refractivity contribution in [3.63, 3.8) is 0 Å². The molecule has 1 N–H and O–H groups in total. The second kappa shape index (κ2) is 2.30. The number of ether oxygens (including phenoxy) is 1. The van der Waals surface area contributed by atoms with Gasteiger partial charge in [0.1, 0.15) is 12.6 Å². The summed E-state index contributed by atoms with van der Waals surface area (Å²) >= 11 is 0. The number of carbonyl (C=O) groups excluding carboxylic acids is 1. The quantitative estimate of drug-likeness (QED) is 0.435. The summed E-state index contributed by atoms with van der Waals surface area (Å²) < 4.78 is 4.52. The molecule has 0 aliphatic carbocycles. The normalized spacial score (nSPS) is 24.8. The fourth-order valence-electron chi connectivity index (χ4n) is 0.765. The number of hydrogen-bond acceptors (Lipinski definition) is 3. The topological polar surface area (TPSA) is 49.8 Å². The monoisotopic (exact) mass is 143 g/mol. The molecule has 1 aliphatic heterocycles. The standard InChI is InChI=1S/C6H9NO3/c1-4(2)5-3-10-6(8)7(5)9/h5,9H,1,3H2,2H3. The average Bonchev–Trinajstić information content (AvgIpc) is 2.14. The zero-order valence-electron chi connectivity index (χ0n) is 5.70. The van der Waals surface area contributed by atoms with Crippen LogP contribution in [-0.2, 0) is 4.74 Å². The van der Waals surface area contributed by atoms with Crippen molar-refractivity contribution in [2.75, 3.05) is 6.61 Å². The predicted octanol–water partition coefficient (Wildman–Crippen LogP) is 0.772. The minimum Gasteiger partial charge on any atom is -0.445 e. The van der Waals surface area contributed by atoms with E-state index in [0.717, 1.165) is 0 Å². The first-order valence-corrected chi connectivity index (χ1v) is 2.93. The minimum atomic E-state index is -0.701. The van der Waals surface area contributed by atoms with E-state index in [4.69, 9.17) is 5.21 Å². The third kappa shape index (κ3) is 0.974. The number of rotatable bonds is 1. The lowest BCUT2D eigenvalue weighted by atomic mass is 10.2. The van der Waals surface area contributed by atoms with E-state index in [-0.39, 0.29) is 12.6 Å². The summed E-state index contributed by atoms with van der Waals surface area (Å²) in [6.45, 7) is 5.52. The summed E-state index contributed by atoms with van der Waals surface area (Å²) in [4.78, 5) is 10.5. The highest BCUT2D eigenvalue weighted by atomic mass is 16.6. The maximum Gasteiger partial charge on any atom is 0.434 e. The number of amides is 1. The van der Waals surface area contributed by atoms with Crippen LogP contribution in [0.4, 0.5) is 4.79 Å². The molecule has 0 saturated carbocycles. The number of carbonyl (C=O) groups is 1. The van der Waals surface area contributed by atoms with Gasteiger partial charge >= 0.3 is 6.09 Å². The molecule has 1 amide bonds. The molecule has 10 heavy (non-hydrogen) atoms. The van der Waals surface area contributed by atoms with Gasteiger partial charge in [0.05, 0.1) is 0 Å². The van der Waals surface area contributed by atoms with Gasteiger partial charge in [0, 0.05) is 0 Å². The average molecular weight is 143 g/mol. The molecule has 1 heterocycles. The molecule has 0 aromatic carbocycles. The zero-order valence-corrected chi connectivity index (χ0v) is 5.70. The Morgan fingerprint density at radius 2 is 2.60 bits per heavy atom. The number of cyclic esters (lactones) is 1. The largest absolute Gasteiger partial charge is 0.445 e. The SMILES string of the molecule is C=C(C)C1COC(=O)N1O. The van der Waals surface area contributed by atoms with Crippen molar-refractivity contribution in [1.82, 2.24) is 5.06 Å². The van der Waals surface area contributed by atoms with Gasteiger partial charge in [0.15, 0.2) is 0 Å². The maximum atomic E-state index is 10.5. The van der Waals surface area contributed by atoms with Crippen molar-refractivity contribution in [1.29, 1.82) is 0 Å². The van der Waals surface area contributed by atoms with Crippen molar-refractivity contribution < 1.29 is 14.7 Å². The molecule has 0 spiro atoms. The van der Waals surface area contributed by atoms with Crippen LogP contribution in [0.5, 0.6) is 0 Å². The maximum absolute atomic E-state index is 10.5. The number of hydroxylamine groups is 2. The lowest BCUT2D eigenvalue weighted by Gasteiger charge is -2.12. The highest BCUT2D eigenvalue weighted by Crippen LogP contribution is 2.14. The van der Waals surface area contributed by atoms with E-state index in [2.05, 4.69) is 11.3 Å². The highest BCUT2D eigenvalue weighted by molar-refractivity contribution is 5.69. The lowest BCUT2D eigenvalue weighted by molar-refractivity contribution is -0.0508. The third-order valence-corrected chi connectivity index (χ3v) is 1.42. The molecular formula is C6H9NO3. The van der Waals surface area contributed by atoms with Crippen molar-refractivity contribution in [2.24, 2.45) is 0 Å². The molecule has 1 unspecified atom stereocenters. The molecule has 0 radical (unpaired) electrons. The Morgan fingerprint density at radius 3 is 2.80 bits per heavy atom. The first kappa shape index (κ1) is 7.08. The smallest absolute Gasteiger partial charge is 0.434 e. The van der Waals surface area contributed by atoms with E-state index in [1.54, 1.807) is 6.92 Å². The Labute approximate surface area is 58.7 Å². The molecule has 0 aromatic rings. The van der Waals surface area contributed by atoms with Gasteiger partial charge in [-0.05, 0) is 6.92 Å². The van der Waals surface area contributed by atoms with Crippen molar-refractivity contribution in [2.45, 2.75) is 13.0 Å². The molecular weight excluding hydrogens is 134 g/mol. The Balaban J connectivity index is 2.66. The van der Waals surface area contributed by atoms with E-state index in [9.17, 15) is 4.79 Å². The van der Waals surface area contributed by atoms with Gasteiger partial charge in [-0.3, -0.25) is 5.21 Å². The molecule has 1 atom stereocenters. The summed E-state index contributed by atoms with van der Waals surface area (Å²) in [5.74, 6) is 0. The zero-order chi connectivity index (χ0) is 7.72. The molecule has 0 aromatic heterocycles. The molecule has 1 fully saturated rings. The Bertz CT molecular complexity index is 178. The van der Waals surface area contributed by atoms with E-state index in [0.29, 0.717) is 10.6 Å². The van der Waals surface area contributed by atoms with Crippen LogP contribution < -0.4 is 0 Å². The predicted molar refractivity (Wildman–Crippen MR) is 33.6 cm³/mol. The molecule has 1 aliphatic rings. The van der Waals surface area contributed by atoms with Crippen molar-refractivity contribution in [3.05, 3.63) is 12.2 Å². The van der Waals surface area contributed by atoms with Gasteiger partial charge in [0.25, 0.3) is 0 Å². The molecule has 0 bridgehead atoms. The van der Waals surface area contributed by atoms with Crippen LogP contribution in [0, 0.1) is 0 Å². The van der Waals surface area contributed by atoms with Gasteiger partial charge in [-0.25, -0.2) is 4.79 Å². The third-order valence-electron chi connectivity index (χ3n) is 1.42. The molecule has 1 saturated heterocycles. The van der Waals surface area contributed by atoms with Gasteiger partial charge < -0.3 is 4.74 Å². The van der Waals surface area contributed by atoms with E-state index < -0.39 is 6.09 Å². The second-order valence-electron chi connectivity index (χ2n) is 2.28. The molecule has 4 heteroatoms. The minimum absolute atomic E-state index is 0.199. The number of nitrogens with zero attached hydrogens (tertiary/aromatic N) is 1. The van der Waals surface area contributed by atoms with Crippen LogP contribution >= 0.6 is 0 Å². The van der Waals surface area contributed by atoms with Crippen molar-refractivity contribution >= 4 is 6.09 Å². The van der Waals surface area contributed by atoms with E-state index >= 15 is 0 Å². The van der Waals surface area contributed by atoms with E-state index in [1.807, 2.05) is 0 Å². The summed E-state index contributed by atoms with van der Waals surface area (Å²) in [5.41, 5.74) is 0.716. The molecule has 56 valence electrons. The fourth-order valence-corrected chi connectivity index (χ4v) is 0.765. The molecule has 1 rings (SSSR count). The van der Waals surface area contributed by atoms with Gasteiger partial charge in [0.2, 0.25) is 0 Å². The van der Waals surface area contributed by atoms with Gasteiger partial charge in [-0.2, -0.15) is 5.06 Å². The Morgan fingerprint density at radius 1 is 2.00 bits per heavy atom. The summed E-state index contributed by atoms with van der Waals surface area (Å²) in [6.07, 6.45) is -0.701. The summed E-state index contributed by atoms with van der Waals surface area (Å²) in [5, 5.41) is 9.48. The summed E-state index contributed by atoms with van der Waals surface area (Å²) in [7, 11) is 0. The number of hydrogen-bond donors (Lipinski definition) is 1. The van der Waals surface area contributed by atoms with Crippen LogP contribution in [0.2, 0.25) is 0 Å². The second-order valence-corrected chi connectivity index (χ2v) is 2.28. The Kier molecular flexibility index (Phi) is 1.63. The molecule has 4 nitrogen and oxygen atoms in total. The summed E-state index contributed by atoms with van der Waals surface area (Å²) in [6, 6.07) is -0.368. The van der Waals surface area contributed by atoms with Crippen LogP contribution in [0.3, 0.4) is 0 Å². The van der Waals surface area contributed by atoms with Crippen LogP contribution in [0.15, 0.2) is 12.2 Å². The van der Waals surface area contributed by atoms with Crippen LogP contribution in [-0.4, -0.2) is 29.0 Å².